The first-order valence-electron chi connectivity index (χ1n) is 6.69. The second-order valence-electron chi connectivity index (χ2n) is 5.13. The first-order chi connectivity index (χ1) is 9.40. The monoisotopic (exact) mass is 317 g/mol. The number of benzene rings is 1. The van der Waals surface area contributed by atoms with E-state index in [1.807, 2.05) is 6.92 Å². The molecule has 1 aromatic carbocycles. The number of hydrogen-bond donors (Lipinski definition) is 2. The Morgan fingerprint density at radius 3 is 2.65 bits per heavy atom. The summed E-state index contributed by atoms with van der Waals surface area (Å²) >= 11 is 5.80. The van der Waals surface area contributed by atoms with Gasteiger partial charge in [-0.1, -0.05) is 11.6 Å². The van der Waals surface area contributed by atoms with Gasteiger partial charge in [-0.05, 0) is 51.1 Å². The molecule has 1 aliphatic rings. The molecule has 3 N–H and O–H groups in total. The number of nitrogens with zero attached hydrogens (tertiary/aromatic N) is 1. The lowest BCUT2D eigenvalue weighted by Gasteiger charge is -2.23. The molecular weight excluding hydrogens is 298 g/mol. The van der Waals surface area contributed by atoms with Gasteiger partial charge in [0, 0.05) is 12.6 Å². The van der Waals surface area contributed by atoms with E-state index < -0.39 is 10.0 Å². The predicted molar refractivity (Wildman–Crippen MR) is 81.3 cm³/mol. The van der Waals surface area contributed by atoms with Crippen molar-refractivity contribution < 1.29 is 8.42 Å². The number of hydrogen-bond acceptors (Lipinski definition) is 4. The fourth-order valence-electron chi connectivity index (χ4n) is 2.31. The average molecular weight is 318 g/mol. The molecule has 1 atom stereocenters. The van der Waals surface area contributed by atoms with Crippen LogP contribution in [0.3, 0.4) is 0 Å². The van der Waals surface area contributed by atoms with E-state index in [0.29, 0.717) is 11.6 Å². The van der Waals surface area contributed by atoms with Crippen LogP contribution in [-0.4, -0.2) is 39.0 Å². The standard InChI is InChI=1S/C13H20ClN3O2S/c1-10(17-6-2-3-7-17)9-16-20(18,19)11-4-5-12(14)13(15)8-11/h4-5,8,10,16H,2-3,6-7,9,15H2,1H3. The van der Waals surface area contributed by atoms with Crippen LogP contribution in [0.25, 0.3) is 0 Å². The highest BCUT2D eigenvalue weighted by atomic mass is 35.5. The molecule has 1 fully saturated rings. The maximum atomic E-state index is 12.2. The molecule has 0 aromatic heterocycles. The number of nitrogen functional groups attached to an aromatic ring is 1. The van der Waals surface area contributed by atoms with E-state index in [4.69, 9.17) is 17.3 Å². The number of nitrogens with two attached hydrogens (primary N) is 1. The molecule has 0 radical (unpaired) electrons. The van der Waals surface area contributed by atoms with Crippen molar-refractivity contribution in [1.82, 2.24) is 9.62 Å². The van der Waals surface area contributed by atoms with Crippen LogP contribution in [-0.2, 0) is 10.0 Å². The summed E-state index contributed by atoms with van der Waals surface area (Å²) in [7, 11) is -3.54. The number of halogens is 1. The molecule has 0 spiro atoms. The molecule has 1 unspecified atom stereocenters. The molecule has 112 valence electrons. The maximum absolute atomic E-state index is 12.2. The minimum Gasteiger partial charge on any atom is -0.397 e. The summed E-state index contributed by atoms with van der Waals surface area (Å²) in [5.74, 6) is 0. The lowest BCUT2D eigenvalue weighted by atomic mass is 10.3. The quantitative estimate of drug-likeness (QED) is 0.810. The largest absolute Gasteiger partial charge is 0.397 e. The molecule has 7 heteroatoms. The van der Waals surface area contributed by atoms with Gasteiger partial charge in [-0.2, -0.15) is 0 Å². The highest BCUT2D eigenvalue weighted by Crippen LogP contribution is 2.22. The lowest BCUT2D eigenvalue weighted by molar-refractivity contribution is 0.260. The van der Waals surface area contributed by atoms with E-state index in [1.165, 1.54) is 31.0 Å². The summed E-state index contributed by atoms with van der Waals surface area (Å²) in [6, 6.07) is 4.53. The van der Waals surface area contributed by atoms with Gasteiger partial charge in [-0.15, -0.1) is 0 Å². The second kappa shape index (κ2) is 6.30. The highest BCUT2D eigenvalue weighted by Gasteiger charge is 2.21. The summed E-state index contributed by atoms with van der Waals surface area (Å²) in [4.78, 5) is 2.44. The number of rotatable bonds is 5. The fourth-order valence-corrected chi connectivity index (χ4v) is 3.59. The zero-order valence-corrected chi connectivity index (χ0v) is 13.0. The Morgan fingerprint density at radius 2 is 2.05 bits per heavy atom. The minimum atomic E-state index is -3.54. The van der Waals surface area contributed by atoms with Gasteiger partial charge in [0.1, 0.15) is 0 Å². The van der Waals surface area contributed by atoms with Crippen molar-refractivity contribution in [2.45, 2.75) is 30.7 Å². The smallest absolute Gasteiger partial charge is 0.240 e. The zero-order chi connectivity index (χ0) is 14.8. The van der Waals surface area contributed by atoms with E-state index in [2.05, 4.69) is 9.62 Å². The molecule has 2 rings (SSSR count). The molecule has 0 bridgehead atoms. The van der Waals surface area contributed by atoms with Crippen LogP contribution in [0.15, 0.2) is 23.1 Å². The van der Waals surface area contributed by atoms with E-state index in [1.54, 1.807) is 0 Å². The molecule has 5 nitrogen and oxygen atoms in total. The van der Waals surface area contributed by atoms with Gasteiger partial charge in [0.15, 0.2) is 0 Å². The van der Waals surface area contributed by atoms with E-state index in [0.717, 1.165) is 13.1 Å². The van der Waals surface area contributed by atoms with Gasteiger partial charge < -0.3 is 5.73 Å². The van der Waals surface area contributed by atoms with Crippen molar-refractivity contribution >= 4 is 27.3 Å². The Kier molecular flexibility index (Phi) is 4.90. The van der Waals surface area contributed by atoms with Crippen molar-refractivity contribution in [2.24, 2.45) is 0 Å². The first kappa shape index (κ1) is 15.6. The van der Waals surface area contributed by atoms with Gasteiger partial charge in [0.2, 0.25) is 10.0 Å². The van der Waals surface area contributed by atoms with Crippen LogP contribution in [0.4, 0.5) is 5.69 Å². The van der Waals surface area contributed by atoms with Gasteiger partial charge in [0.25, 0.3) is 0 Å². The number of likely N-dealkylation sites (tertiary alicyclic amines) is 1. The first-order valence-corrected chi connectivity index (χ1v) is 8.55. The number of nitrogens with one attached hydrogen (secondary N) is 1. The minimum absolute atomic E-state index is 0.146. The fraction of sp³-hybridized carbons (Fsp3) is 0.538. The topological polar surface area (TPSA) is 75.4 Å². The SMILES string of the molecule is CC(CNS(=O)(=O)c1ccc(Cl)c(N)c1)N1CCCC1. The van der Waals surface area contributed by atoms with Crippen LogP contribution < -0.4 is 10.5 Å². The van der Waals surface area contributed by atoms with E-state index in [-0.39, 0.29) is 16.6 Å². The van der Waals surface area contributed by atoms with Crippen LogP contribution >= 0.6 is 11.6 Å². The molecule has 1 aromatic rings. The van der Waals surface area contributed by atoms with Crippen molar-refractivity contribution in [3.63, 3.8) is 0 Å². The number of sulfonamides is 1. The van der Waals surface area contributed by atoms with E-state index >= 15 is 0 Å². The molecule has 1 aliphatic heterocycles. The van der Waals surface area contributed by atoms with Crippen LogP contribution in [0.1, 0.15) is 19.8 Å². The number of anilines is 1. The molecular formula is C13H20ClN3O2S. The van der Waals surface area contributed by atoms with Crippen molar-refractivity contribution in [3.05, 3.63) is 23.2 Å². The average Bonchev–Trinajstić information content (AvgIpc) is 2.93. The van der Waals surface area contributed by atoms with Gasteiger partial charge >= 0.3 is 0 Å². The Balaban J connectivity index is 2.01. The van der Waals surface area contributed by atoms with Crippen molar-refractivity contribution in [2.75, 3.05) is 25.4 Å². The Hall–Kier alpha value is -0.820. The predicted octanol–water partition coefficient (Wildman–Crippen LogP) is 1.68. The Morgan fingerprint density at radius 1 is 1.40 bits per heavy atom. The maximum Gasteiger partial charge on any atom is 0.240 e. The van der Waals surface area contributed by atoms with Crippen LogP contribution in [0.5, 0.6) is 0 Å². The molecule has 1 heterocycles. The summed E-state index contributed by atoms with van der Waals surface area (Å²) in [5.41, 5.74) is 5.91. The third-order valence-corrected chi connectivity index (χ3v) is 5.38. The van der Waals surface area contributed by atoms with Gasteiger partial charge in [-0.25, -0.2) is 13.1 Å². The lowest BCUT2D eigenvalue weighted by Crippen LogP contribution is -2.40. The summed E-state index contributed by atoms with van der Waals surface area (Å²) in [6.45, 7) is 4.50. The van der Waals surface area contributed by atoms with Gasteiger partial charge in [-0.3, -0.25) is 4.90 Å². The van der Waals surface area contributed by atoms with Gasteiger partial charge in [0.05, 0.1) is 15.6 Å². The van der Waals surface area contributed by atoms with Crippen LogP contribution in [0, 0.1) is 0 Å². The zero-order valence-electron chi connectivity index (χ0n) is 11.5. The molecule has 1 saturated heterocycles. The second-order valence-corrected chi connectivity index (χ2v) is 7.30. The van der Waals surface area contributed by atoms with Crippen LogP contribution in [0.2, 0.25) is 5.02 Å². The van der Waals surface area contributed by atoms with Crippen molar-refractivity contribution in [1.29, 1.82) is 0 Å². The Labute approximate surface area is 125 Å². The molecule has 0 aliphatic carbocycles. The summed E-state index contributed by atoms with van der Waals surface area (Å²) < 4.78 is 27.0. The Bertz CT molecular complexity index is 571. The van der Waals surface area contributed by atoms with Crippen molar-refractivity contribution in [3.8, 4) is 0 Å². The third kappa shape index (κ3) is 3.63. The molecule has 0 amide bonds. The summed E-state index contributed by atoms with van der Waals surface area (Å²) in [6.07, 6.45) is 2.37. The normalized spacial score (nSPS) is 18.3. The molecule has 0 saturated carbocycles. The molecule has 20 heavy (non-hydrogen) atoms. The highest BCUT2D eigenvalue weighted by molar-refractivity contribution is 7.89. The summed E-state index contributed by atoms with van der Waals surface area (Å²) in [5, 5.41) is 0.356. The van der Waals surface area contributed by atoms with E-state index in [9.17, 15) is 8.42 Å². The third-order valence-electron chi connectivity index (χ3n) is 3.61.